The van der Waals surface area contributed by atoms with Gasteiger partial charge in [-0.25, -0.2) is 13.4 Å². The smallest absolute Gasteiger partial charge is 0.263 e. The van der Waals surface area contributed by atoms with E-state index in [9.17, 15) is 18.3 Å². The maximum atomic E-state index is 13.4. The minimum Gasteiger partial charge on any atom is -0.392 e. The SMILES string of the molecule is CCCc1nc2c(n1Cc1ccc(-c3ccccc3S(=O)(=O)Nc3noc(C)c3C)c(CO)c1)C(=O)CCCC2. The molecule has 0 unspecified atom stereocenters. The second kappa shape index (κ2) is 11.4. The number of carbonyl (C=O) groups is 1. The minimum atomic E-state index is -4.01. The van der Waals surface area contributed by atoms with Crippen molar-refractivity contribution in [2.24, 2.45) is 0 Å². The van der Waals surface area contributed by atoms with Crippen molar-refractivity contribution >= 4 is 21.6 Å². The molecule has 0 amide bonds. The summed E-state index contributed by atoms with van der Waals surface area (Å²) in [5, 5.41) is 14.2. The Kier molecular flexibility index (Phi) is 7.91. The van der Waals surface area contributed by atoms with Gasteiger partial charge in [0.1, 0.15) is 17.3 Å². The van der Waals surface area contributed by atoms with E-state index in [1.54, 1.807) is 32.0 Å². The van der Waals surface area contributed by atoms with Crippen LogP contribution >= 0.6 is 0 Å². The summed E-state index contributed by atoms with van der Waals surface area (Å²) in [7, 11) is -4.01. The molecule has 2 heterocycles. The molecule has 2 aromatic carbocycles. The van der Waals surface area contributed by atoms with Crippen LogP contribution in [0, 0.1) is 13.8 Å². The van der Waals surface area contributed by atoms with Gasteiger partial charge in [-0.1, -0.05) is 48.5 Å². The van der Waals surface area contributed by atoms with E-state index in [0.29, 0.717) is 46.7 Å². The number of anilines is 1. The summed E-state index contributed by atoms with van der Waals surface area (Å²) in [5.74, 6) is 1.70. The predicted molar refractivity (Wildman–Crippen MR) is 152 cm³/mol. The highest BCUT2D eigenvalue weighted by Crippen LogP contribution is 2.33. The van der Waals surface area contributed by atoms with Gasteiger partial charge in [-0.05, 0) is 62.3 Å². The van der Waals surface area contributed by atoms with Gasteiger partial charge in [0.15, 0.2) is 11.6 Å². The largest absolute Gasteiger partial charge is 0.392 e. The zero-order valence-electron chi connectivity index (χ0n) is 23.0. The lowest BCUT2D eigenvalue weighted by Gasteiger charge is -2.16. The van der Waals surface area contributed by atoms with Crippen LogP contribution in [-0.4, -0.2) is 34.0 Å². The Labute approximate surface area is 234 Å². The van der Waals surface area contributed by atoms with Crippen molar-refractivity contribution in [2.75, 3.05) is 4.72 Å². The summed E-state index contributed by atoms with van der Waals surface area (Å²) >= 11 is 0. The molecule has 1 aliphatic rings. The van der Waals surface area contributed by atoms with E-state index in [1.807, 2.05) is 22.8 Å². The number of sulfonamides is 1. The lowest BCUT2D eigenvalue weighted by atomic mass is 9.97. The van der Waals surface area contributed by atoms with Crippen molar-refractivity contribution in [3.05, 3.63) is 82.1 Å². The maximum Gasteiger partial charge on any atom is 0.263 e. The van der Waals surface area contributed by atoms with Crippen molar-refractivity contribution in [3.63, 3.8) is 0 Å². The summed E-state index contributed by atoms with van der Waals surface area (Å²) in [6.45, 7) is 5.71. The van der Waals surface area contributed by atoms with Crippen molar-refractivity contribution in [2.45, 2.75) is 77.3 Å². The van der Waals surface area contributed by atoms with Crippen LogP contribution < -0.4 is 4.72 Å². The van der Waals surface area contributed by atoms with Gasteiger partial charge in [-0.15, -0.1) is 0 Å². The Hall–Kier alpha value is -3.76. The van der Waals surface area contributed by atoms with Crippen LogP contribution in [0.5, 0.6) is 0 Å². The average molecular weight is 563 g/mol. The predicted octanol–water partition coefficient (Wildman–Crippen LogP) is 5.36. The monoisotopic (exact) mass is 562 g/mol. The van der Waals surface area contributed by atoms with E-state index in [4.69, 9.17) is 9.51 Å². The molecule has 0 saturated carbocycles. The topological polar surface area (TPSA) is 127 Å². The molecular formula is C30H34N4O5S. The third-order valence-electron chi connectivity index (χ3n) is 7.46. The number of rotatable bonds is 9. The van der Waals surface area contributed by atoms with E-state index in [-0.39, 0.29) is 23.1 Å². The molecule has 0 radical (unpaired) electrons. The van der Waals surface area contributed by atoms with Gasteiger partial charge in [-0.3, -0.25) is 9.52 Å². The number of nitrogens with zero attached hydrogens (tertiary/aromatic N) is 3. The molecule has 4 aromatic rings. The van der Waals surface area contributed by atoms with Crippen LogP contribution in [0.15, 0.2) is 51.9 Å². The van der Waals surface area contributed by atoms with Crippen molar-refractivity contribution in [1.82, 2.24) is 14.7 Å². The maximum absolute atomic E-state index is 13.4. The van der Waals surface area contributed by atoms with Crippen LogP contribution in [0.25, 0.3) is 11.1 Å². The van der Waals surface area contributed by atoms with Crippen molar-refractivity contribution in [1.29, 1.82) is 0 Å². The Morgan fingerprint density at radius 2 is 1.85 bits per heavy atom. The van der Waals surface area contributed by atoms with Gasteiger partial charge in [0, 0.05) is 30.5 Å². The Bertz CT molecular complexity index is 1670. The number of carbonyl (C=O) groups excluding carboxylic acids is 1. The number of aromatic nitrogens is 3. The number of hydrogen-bond donors (Lipinski definition) is 2. The Morgan fingerprint density at radius 3 is 2.58 bits per heavy atom. The third-order valence-corrected chi connectivity index (χ3v) is 8.86. The van der Waals surface area contributed by atoms with Gasteiger partial charge >= 0.3 is 0 Å². The lowest BCUT2D eigenvalue weighted by Crippen LogP contribution is -2.15. The Morgan fingerprint density at radius 1 is 1.07 bits per heavy atom. The standard InChI is InChI=1S/C30H34N4O5S/c1-4-9-28-31-25-11-6-7-12-26(36)29(25)34(28)17-21-14-15-23(22(16-21)18-35)24-10-5-8-13-27(24)40(37,38)33-30-19(2)20(3)39-32-30/h5,8,10,13-16,35H,4,6-7,9,11-12,17-18H2,1-3H3,(H,32,33). The first-order chi connectivity index (χ1) is 19.2. The fourth-order valence-corrected chi connectivity index (χ4v) is 6.54. The second-order valence-corrected chi connectivity index (χ2v) is 11.9. The second-order valence-electron chi connectivity index (χ2n) is 10.3. The number of imidazole rings is 1. The molecule has 40 heavy (non-hydrogen) atoms. The van der Waals surface area contributed by atoms with E-state index < -0.39 is 10.0 Å². The first kappa shape index (κ1) is 27.8. The number of benzene rings is 2. The van der Waals surface area contributed by atoms with Gasteiger partial charge in [0.05, 0.1) is 17.2 Å². The number of nitrogens with one attached hydrogen (secondary N) is 1. The van der Waals surface area contributed by atoms with Gasteiger partial charge in [0.25, 0.3) is 10.0 Å². The number of aliphatic hydroxyl groups is 1. The van der Waals surface area contributed by atoms with E-state index in [2.05, 4.69) is 16.8 Å². The fourth-order valence-electron chi connectivity index (χ4n) is 5.26. The van der Waals surface area contributed by atoms with Gasteiger partial charge in [-0.2, -0.15) is 0 Å². The molecule has 2 aromatic heterocycles. The molecule has 1 aliphatic carbocycles. The van der Waals surface area contributed by atoms with E-state index >= 15 is 0 Å². The minimum absolute atomic E-state index is 0.0632. The number of hydrogen-bond acceptors (Lipinski definition) is 7. The number of aryl methyl sites for hydroxylation is 3. The summed E-state index contributed by atoms with van der Waals surface area (Å²) in [6.07, 6.45) is 4.84. The quantitative estimate of drug-likeness (QED) is 0.263. The molecule has 9 nitrogen and oxygen atoms in total. The highest BCUT2D eigenvalue weighted by atomic mass is 32.2. The molecule has 0 aliphatic heterocycles. The number of ketones is 1. The number of aliphatic hydroxyl groups excluding tert-OH is 1. The highest BCUT2D eigenvalue weighted by Gasteiger charge is 2.26. The third kappa shape index (κ3) is 5.33. The van der Waals surface area contributed by atoms with Crippen LogP contribution in [0.3, 0.4) is 0 Å². The first-order valence-electron chi connectivity index (χ1n) is 13.6. The molecule has 10 heteroatoms. The average Bonchev–Trinajstić information content (AvgIpc) is 3.37. The van der Waals surface area contributed by atoms with Gasteiger partial charge < -0.3 is 14.2 Å². The van der Waals surface area contributed by atoms with Crippen LogP contribution in [0.2, 0.25) is 0 Å². The molecule has 0 spiro atoms. The summed E-state index contributed by atoms with van der Waals surface area (Å²) in [4.78, 5) is 17.9. The lowest BCUT2D eigenvalue weighted by molar-refractivity contribution is 0.0973. The summed E-state index contributed by atoms with van der Waals surface area (Å²) in [5.41, 5.74) is 4.75. The van der Waals surface area contributed by atoms with E-state index in [0.717, 1.165) is 49.2 Å². The van der Waals surface area contributed by atoms with Crippen molar-refractivity contribution in [3.8, 4) is 11.1 Å². The molecule has 5 rings (SSSR count). The van der Waals surface area contributed by atoms with Crippen LogP contribution in [-0.2, 0) is 36.0 Å². The van der Waals surface area contributed by atoms with Crippen molar-refractivity contribution < 1.29 is 22.8 Å². The number of Topliss-reactive ketones (excluding diaryl/α,β-unsaturated/α-hetero) is 1. The molecule has 0 atom stereocenters. The van der Waals surface area contributed by atoms with Crippen LogP contribution in [0.1, 0.15) is 77.1 Å². The Balaban J connectivity index is 1.52. The zero-order chi connectivity index (χ0) is 28.4. The van der Waals surface area contributed by atoms with Gasteiger partial charge in [0.2, 0.25) is 0 Å². The summed E-state index contributed by atoms with van der Waals surface area (Å²) in [6, 6.07) is 12.3. The van der Waals surface area contributed by atoms with E-state index in [1.165, 1.54) is 6.07 Å². The highest BCUT2D eigenvalue weighted by molar-refractivity contribution is 7.92. The zero-order valence-corrected chi connectivity index (χ0v) is 23.8. The fraction of sp³-hybridized carbons (Fsp3) is 0.367. The normalized spacial score (nSPS) is 13.8. The molecule has 2 N–H and O–H groups in total. The summed E-state index contributed by atoms with van der Waals surface area (Å²) < 4.78 is 36.5. The molecule has 0 saturated heterocycles. The molecule has 210 valence electrons. The molecule has 0 fully saturated rings. The molecule has 0 bridgehead atoms. The molecular weight excluding hydrogens is 528 g/mol. The number of fused-ring (bicyclic) bond motifs is 1. The van der Waals surface area contributed by atoms with Crippen LogP contribution in [0.4, 0.5) is 5.82 Å². The first-order valence-corrected chi connectivity index (χ1v) is 15.1.